The van der Waals surface area contributed by atoms with E-state index < -0.39 is 23.8 Å². The third kappa shape index (κ3) is 10.3. The summed E-state index contributed by atoms with van der Waals surface area (Å²) < 4.78 is 5.47. The number of aryl methyl sites for hydroxylation is 1. The van der Waals surface area contributed by atoms with Crippen molar-refractivity contribution in [2.75, 3.05) is 13.1 Å². The van der Waals surface area contributed by atoms with Crippen molar-refractivity contribution in [1.82, 2.24) is 15.5 Å². The second-order valence-corrected chi connectivity index (χ2v) is 10.9. The lowest BCUT2D eigenvalue weighted by molar-refractivity contribution is -0.142. The van der Waals surface area contributed by atoms with Crippen molar-refractivity contribution in [2.24, 2.45) is 0 Å². The Labute approximate surface area is 233 Å². The fraction of sp³-hybridized carbons (Fsp3) is 0.516. The molecule has 39 heavy (non-hydrogen) atoms. The van der Waals surface area contributed by atoms with Crippen LogP contribution in [0, 0.1) is 6.92 Å². The van der Waals surface area contributed by atoms with Gasteiger partial charge >= 0.3 is 6.09 Å². The molecule has 0 spiro atoms. The van der Waals surface area contributed by atoms with E-state index in [2.05, 4.69) is 17.6 Å². The molecule has 214 valence electrons. The number of benzene rings is 2. The summed E-state index contributed by atoms with van der Waals surface area (Å²) in [6.45, 7) is 12.1. The number of ether oxygens (including phenoxy) is 1. The molecule has 2 unspecified atom stereocenters. The third-order valence-electron chi connectivity index (χ3n) is 6.27. The minimum absolute atomic E-state index is 0.106. The Morgan fingerprint density at radius 3 is 2.21 bits per heavy atom. The Morgan fingerprint density at radius 1 is 0.974 bits per heavy atom. The van der Waals surface area contributed by atoms with Crippen LogP contribution in [0.1, 0.15) is 83.0 Å². The van der Waals surface area contributed by atoms with Gasteiger partial charge in [-0.15, -0.1) is 0 Å². The Balaban J connectivity index is 2.53. The largest absolute Gasteiger partial charge is 0.508 e. The van der Waals surface area contributed by atoms with Gasteiger partial charge in [0.15, 0.2) is 0 Å². The van der Waals surface area contributed by atoms with Gasteiger partial charge in [-0.25, -0.2) is 4.79 Å². The van der Waals surface area contributed by atoms with Crippen molar-refractivity contribution >= 4 is 17.9 Å². The van der Waals surface area contributed by atoms with Crippen LogP contribution in [0.15, 0.2) is 48.5 Å². The number of nitrogens with zero attached hydrogens (tertiary/aromatic N) is 1. The normalized spacial score (nSPS) is 12.8. The molecule has 2 rings (SSSR count). The van der Waals surface area contributed by atoms with Crippen molar-refractivity contribution in [3.05, 3.63) is 65.2 Å². The van der Waals surface area contributed by atoms with Crippen molar-refractivity contribution in [1.29, 1.82) is 0 Å². The molecule has 0 aliphatic heterocycles. The van der Waals surface area contributed by atoms with Crippen LogP contribution in [0.3, 0.4) is 0 Å². The Bertz CT molecular complexity index is 1080. The second kappa shape index (κ2) is 15.1. The number of phenolic OH excluding ortho intramolecular Hbond substituents is 1. The Hall–Kier alpha value is -3.55. The summed E-state index contributed by atoms with van der Waals surface area (Å²) in [6, 6.07) is 12.2. The van der Waals surface area contributed by atoms with Crippen LogP contribution in [0.4, 0.5) is 4.79 Å². The van der Waals surface area contributed by atoms with Crippen molar-refractivity contribution in [2.45, 2.75) is 91.3 Å². The van der Waals surface area contributed by atoms with Gasteiger partial charge in [-0.1, -0.05) is 63.1 Å². The third-order valence-corrected chi connectivity index (χ3v) is 6.27. The van der Waals surface area contributed by atoms with Gasteiger partial charge in [-0.2, -0.15) is 0 Å². The first-order chi connectivity index (χ1) is 18.5. The molecular formula is C31H45N3O5. The van der Waals surface area contributed by atoms with E-state index in [0.29, 0.717) is 19.5 Å². The SMILES string of the molecule is CCCCNC(=O)C(c1ccccc1C)N(CCCC)C(=O)C(Cc1ccc(O)cc1)NC(=O)OC(C)(C)C. The zero-order valence-corrected chi connectivity index (χ0v) is 24.3. The Kier molecular flexibility index (Phi) is 12.3. The van der Waals surface area contributed by atoms with Gasteiger partial charge < -0.3 is 25.4 Å². The molecule has 2 aromatic rings. The summed E-state index contributed by atoms with van der Waals surface area (Å²) in [5.41, 5.74) is 1.65. The van der Waals surface area contributed by atoms with Crippen LogP contribution in [0.2, 0.25) is 0 Å². The standard InChI is InChI=1S/C31H45N3O5/c1-7-9-19-32-28(36)27(25-14-12-11-13-22(25)3)34(20-10-8-2)29(37)26(33-30(38)39-31(4,5)6)21-23-15-17-24(35)18-16-23/h11-18,26-27,35H,7-10,19-21H2,1-6H3,(H,32,36)(H,33,38). The number of hydrogen-bond donors (Lipinski definition) is 3. The second-order valence-electron chi connectivity index (χ2n) is 10.9. The molecule has 2 aromatic carbocycles. The Morgan fingerprint density at radius 2 is 1.62 bits per heavy atom. The van der Waals surface area contributed by atoms with Gasteiger partial charge in [0.25, 0.3) is 0 Å². The molecule has 2 atom stereocenters. The fourth-order valence-electron chi connectivity index (χ4n) is 4.24. The molecular weight excluding hydrogens is 494 g/mol. The maximum absolute atomic E-state index is 14.3. The molecule has 3 N–H and O–H groups in total. The van der Waals surface area contributed by atoms with Gasteiger partial charge in [-0.05, 0) is 69.4 Å². The molecule has 0 saturated heterocycles. The lowest BCUT2D eigenvalue weighted by atomic mass is 9.96. The first kappa shape index (κ1) is 31.7. The van der Waals surface area contributed by atoms with Crippen LogP contribution in [0.5, 0.6) is 5.75 Å². The van der Waals surface area contributed by atoms with E-state index in [1.807, 2.05) is 38.1 Å². The highest BCUT2D eigenvalue weighted by Crippen LogP contribution is 2.27. The van der Waals surface area contributed by atoms with Crippen molar-refractivity contribution in [3.8, 4) is 5.75 Å². The number of carbonyl (C=O) groups is 3. The average molecular weight is 540 g/mol. The molecule has 0 aliphatic rings. The maximum atomic E-state index is 14.3. The van der Waals surface area contributed by atoms with Crippen molar-refractivity contribution in [3.63, 3.8) is 0 Å². The van der Waals surface area contributed by atoms with E-state index in [1.165, 1.54) is 12.1 Å². The quantitative estimate of drug-likeness (QED) is 0.295. The van der Waals surface area contributed by atoms with Gasteiger partial charge in [0.1, 0.15) is 23.4 Å². The predicted octanol–water partition coefficient (Wildman–Crippen LogP) is 5.42. The van der Waals surface area contributed by atoms with Crippen LogP contribution in [0.25, 0.3) is 0 Å². The molecule has 0 saturated carbocycles. The monoisotopic (exact) mass is 539 g/mol. The fourth-order valence-corrected chi connectivity index (χ4v) is 4.24. The molecule has 0 heterocycles. The van der Waals surface area contributed by atoms with E-state index in [-0.39, 0.29) is 24.0 Å². The van der Waals surface area contributed by atoms with E-state index in [4.69, 9.17) is 4.74 Å². The first-order valence-electron chi connectivity index (χ1n) is 13.9. The number of alkyl carbamates (subject to hydrolysis) is 1. The molecule has 0 bridgehead atoms. The van der Waals surface area contributed by atoms with Crippen LogP contribution in [-0.2, 0) is 20.7 Å². The van der Waals surface area contributed by atoms with Crippen LogP contribution in [-0.4, -0.2) is 52.6 Å². The van der Waals surface area contributed by atoms with E-state index in [0.717, 1.165) is 36.0 Å². The zero-order valence-electron chi connectivity index (χ0n) is 24.3. The van der Waals surface area contributed by atoms with E-state index >= 15 is 0 Å². The molecule has 0 radical (unpaired) electrons. The highest BCUT2D eigenvalue weighted by Gasteiger charge is 2.36. The predicted molar refractivity (Wildman–Crippen MR) is 153 cm³/mol. The van der Waals surface area contributed by atoms with Gasteiger partial charge in [0, 0.05) is 19.5 Å². The number of unbranched alkanes of at least 4 members (excludes halogenated alkanes) is 2. The lowest BCUT2D eigenvalue weighted by Crippen LogP contribution is -2.54. The molecule has 8 heteroatoms. The zero-order chi connectivity index (χ0) is 29.0. The van der Waals surface area contributed by atoms with Gasteiger partial charge in [0.05, 0.1) is 0 Å². The lowest BCUT2D eigenvalue weighted by Gasteiger charge is -2.35. The molecule has 0 aromatic heterocycles. The first-order valence-corrected chi connectivity index (χ1v) is 13.9. The summed E-state index contributed by atoms with van der Waals surface area (Å²) in [6.07, 6.45) is 2.73. The number of carbonyl (C=O) groups excluding carboxylic acids is 3. The van der Waals surface area contributed by atoms with Crippen LogP contribution < -0.4 is 10.6 Å². The number of amides is 3. The van der Waals surface area contributed by atoms with E-state index in [9.17, 15) is 19.5 Å². The number of nitrogens with one attached hydrogen (secondary N) is 2. The number of aromatic hydroxyl groups is 1. The topological polar surface area (TPSA) is 108 Å². The minimum atomic E-state index is -0.990. The summed E-state index contributed by atoms with van der Waals surface area (Å²) in [5, 5.41) is 15.5. The highest BCUT2D eigenvalue weighted by atomic mass is 16.6. The van der Waals surface area contributed by atoms with Crippen LogP contribution >= 0.6 is 0 Å². The van der Waals surface area contributed by atoms with E-state index in [1.54, 1.807) is 37.8 Å². The summed E-state index contributed by atoms with van der Waals surface area (Å²) >= 11 is 0. The number of hydrogen-bond acceptors (Lipinski definition) is 5. The van der Waals surface area contributed by atoms with Crippen molar-refractivity contribution < 1.29 is 24.2 Å². The number of rotatable bonds is 13. The molecule has 0 fully saturated rings. The minimum Gasteiger partial charge on any atom is -0.508 e. The van der Waals surface area contributed by atoms with Gasteiger partial charge in [0.2, 0.25) is 11.8 Å². The molecule has 8 nitrogen and oxygen atoms in total. The maximum Gasteiger partial charge on any atom is 0.408 e. The van der Waals surface area contributed by atoms with Gasteiger partial charge in [-0.3, -0.25) is 9.59 Å². The molecule has 0 aliphatic carbocycles. The smallest absolute Gasteiger partial charge is 0.408 e. The highest BCUT2D eigenvalue weighted by molar-refractivity contribution is 5.92. The summed E-state index contributed by atoms with van der Waals surface area (Å²) in [5.74, 6) is -0.515. The summed E-state index contributed by atoms with van der Waals surface area (Å²) in [7, 11) is 0. The molecule has 3 amide bonds. The number of phenols is 1. The summed E-state index contributed by atoms with van der Waals surface area (Å²) in [4.78, 5) is 42.4. The average Bonchev–Trinajstić information content (AvgIpc) is 2.86.